The average Bonchev–Trinajstić information content (AvgIpc) is 2.73. The largest absolute Gasteiger partial charge is 0.384 e. The first-order valence-corrected chi connectivity index (χ1v) is 6.76. The SMILES string of the molecule is N=C(N)c1cn[nH]c1NS(=O)(=O)c1c(F)cc(F)cc1F. The molecule has 21 heavy (non-hydrogen) atoms. The van der Waals surface area contributed by atoms with E-state index in [-0.39, 0.29) is 23.5 Å². The molecule has 2 rings (SSSR count). The Bertz CT molecular complexity index is 795. The number of rotatable bonds is 4. The van der Waals surface area contributed by atoms with Crippen molar-refractivity contribution in [3.05, 3.63) is 41.3 Å². The Kier molecular flexibility index (Phi) is 3.60. The van der Waals surface area contributed by atoms with Gasteiger partial charge in [0.15, 0.2) is 4.90 Å². The van der Waals surface area contributed by atoms with Crippen LogP contribution in [-0.4, -0.2) is 24.5 Å². The van der Waals surface area contributed by atoms with E-state index in [0.717, 1.165) is 6.20 Å². The minimum atomic E-state index is -4.71. The number of aromatic nitrogens is 2. The van der Waals surface area contributed by atoms with Crippen molar-refractivity contribution in [3.8, 4) is 0 Å². The van der Waals surface area contributed by atoms with E-state index in [1.165, 1.54) is 0 Å². The molecule has 1 heterocycles. The number of anilines is 1. The van der Waals surface area contributed by atoms with Gasteiger partial charge >= 0.3 is 0 Å². The number of halogens is 3. The highest BCUT2D eigenvalue weighted by molar-refractivity contribution is 7.92. The van der Waals surface area contributed by atoms with Crippen molar-refractivity contribution in [2.75, 3.05) is 4.72 Å². The lowest BCUT2D eigenvalue weighted by atomic mass is 10.3. The van der Waals surface area contributed by atoms with Crippen LogP contribution in [0.1, 0.15) is 5.56 Å². The summed E-state index contributed by atoms with van der Waals surface area (Å²) in [5.74, 6) is -5.30. The second-order valence-electron chi connectivity index (χ2n) is 3.88. The summed E-state index contributed by atoms with van der Waals surface area (Å²) >= 11 is 0. The number of hydrogen-bond donors (Lipinski definition) is 4. The number of benzene rings is 1. The van der Waals surface area contributed by atoms with Crippen LogP contribution < -0.4 is 10.5 Å². The Morgan fingerprint density at radius 2 is 1.86 bits per heavy atom. The Labute approximate surface area is 116 Å². The van der Waals surface area contributed by atoms with Crippen LogP contribution in [0.5, 0.6) is 0 Å². The van der Waals surface area contributed by atoms with Gasteiger partial charge in [0.2, 0.25) is 0 Å². The van der Waals surface area contributed by atoms with Gasteiger partial charge in [-0.05, 0) is 0 Å². The van der Waals surface area contributed by atoms with Crippen molar-refractivity contribution < 1.29 is 21.6 Å². The fraction of sp³-hybridized carbons (Fsp3) is 0. The zero-order chi connectivity index (χ0) is 15.8. The Morgan fingerprint density at radius 1 is 1.29 bits per heavy atom. The fourth-order valence-corrected chi connectivity index (χ4v) is 2.70. The maximum Gasteiger partial charge on any atom is 0.268 e. The molecule has 5 N–H and O–H groups in total. The molecule has 11 heteroatoms. The molecule has 0 bridgehead atoms. The van der Waals surface area contributed by atoms with Crippen molar-refractivity contribution >= 4 is 21.7 Å². The number of nitrogen functional groups attached to an aromatic ring is 1. The Balaban J connectivity index is 2.49. The van der Waals surface area contributed by atoms with Crippen molar-refractivity contribution in [2.24, 2.45) is 5.73 Å². The van der Waals surface area contributed by atoms with Crippen LogP contribution in [0.3, 0.4) is 0 Å². The van der Waals surface area contributed by atoms with Gasteiger partial charge in [0, 0.05) is 12.1 Å². The smallest absolute Gasteiger partial charge is 0.268 e. The quantitative estimate of drug-likeness (QED) is 0.494. The zero-order valence-electron chi connectivity index (χ0n) is 10.1. The monoisotopic (exact) mass is 319 g/mol. The average molecular weight is 319 g/mol. The van der Waals surface area contributed by atoms with Gasteiger partial charge in [0.1, 0.15) is 29.1 Å². The summed E-state index contributed by atoms with van der Waals surface area (Å²) < 4.78 is 65.5. The van der Waals surface area contributed by atoms with E-state index >= 15 is 0 Å². The van der Waals surface area contributed by atoms with Crippen LogP contribution in [0, 0.1) is 22.9 Å². The minimum absolute atomic E-state index is 0.110. The number of nitrogens with two attached hydrogens (primary N) is 1. The van der Waals surface area contributed by atoms with E-state index in [1.807, 2.05) is 0 Å². The molecule has 1 aromatic carbocycles. The van der Waals surface area contributed by atoms with Gasteiger partial charge in [0.05, 0.1) is 11.8 Å². The molecule has 7 nitrogen and oxygen atoms in total. The van der Waals surface area contributed by atoms with Crippen molar-refractivity contribution in [3.63, 3.8) is 0 Å². The summed E-state index contributed by atoms with van der Waals surface area (Å²) in [6.45, 7) is 0. The lowest BCUT2D eigenvalue weighted by Gasteiger charge is -2.09. The van der Waals surface area contributed by atoms with E-state index < -0.39 is 38.2 Å². The molecule has 0 aliphatic carbocycles. The number of nitrogens with one attached hydrogen (secondary N) is 3. The first kappa shape index (κ1) is 14.8. The minimum Gasteiger partial charge on any atom is -0.384 e. The van der Waals surface area contributed by atoms with Gasteiger partial charge in [-0.3, -0.25) is 15.2 Å². The molecule has 0 spiro atoms. The predicted octanol–water partition coefficient (Wildman–Crippen LogP) is 0.912. The molecule has 0 radical (unpaired) electrons. The zero-order valence-corrected chi connectivity index (χ0v) is 10.9. The summed E-state index contributed by atoms with van der Waals surface area (Å²) in [6, 6.07) is 0.465. The Hall–Kier alpha value is -2.56. The van der Waals surface area contributed by atoms with Gasteiger partial charge in [-0.15, -0.1) is 0 Å². The molecule has 0 atom stereocenters. The fourth-order valence-electron chi connectivity index (χ4n) is 1.54. The summed E-state index contributed by atoms with van der Waals surface area (Å²) in [6.07, 6.45) is 1.05. The number of H-pyrrole nitrogens is 1. The van der Waals surface area contributed by atoms with E-state index in [1.54, 1.807) is 4.72 Å². The lowest BCUT2D eigenvalue weighted by Crippen LogP contribution is -2.20. The molecular formula is C10H8F3N5O2S. The topological polar surface area (TPSA) is 125 Å². The number of aromatic amines is 1. The molecule has 0 aliphatic rings. The molecule has 0 saturated carbocycles. The van der Waals surface area contributed by atoms with Gasteiger partial charge in [0.25, 0.3) is 10.0 Å². The van der Waals surface area contributed by atoms with E-state index in [9.17, 15) is 21.6 Å². The van der Waals surface area contributed by atoms with Crippen LogP contribution in [-0.2, 0) is 10.0 Å². The number of sulfonamides is 1. The highest BCUT2D eigenvalue weighted by Crippen LogP contribution is 2.23. The first-order valence-electron chi connectivity index (χ1n) is 5.27. The summed E-state index contributed by atoms with van der Waals surface area (Å²) in [7, 11) is -4.71. The van der Waals surface area contributed by atoms with E-state index in [4.69, 9.17) is 11.1 Å². The van der Waals surface area contributed by atoms with Crippen LogP contribution in [0.2, 0.25) is 0 Å². The first-order chi connectivity index (χ1) is 9.72. The van der Waals surface area contributed by atoms with Crippen molar-refractivity contribution in [2.45, 2.75) is 4.90 Å². The van der Waals surface area contributed by atoms with Crippen LogP contribution in [0.15, 0.2) is 23.2 Å². The molecule has 112 valence electrons. The summed E-state index contributed by atoms with van der Waals surface area (Å²) in [5, 5.41) is 12.8. The van der Waals surface area contributed by atoms with Gasteiger partial charge < -0.3 is 5.73 Å². The third-order valence-electron chi connectivity index (χ3n) is 2.40. The standard InChI is InChI=1S/C10H8F3N5O2S/c11-4-1-6(12)8(7(13)2-4)21(19,20)18-10-5(9(14)15)3-16-17-10/h1-3H,(H3,14,15)(H2,16,17,18). The van der Waals surface area contributed by atoms with E-state index in [0.29, 0.717) is 0 Å². The highest BCUT2D eigenvalue weighted by atomic mass is 32.2. The highest BCUT2D eigenvalue weighted by Gasteiger charge is 2.26. The molecular weight excluding hydrogens is 311 g/mol. The van der Waals surface area contributed by atoms with Gasteiger partial charge in [-0.1, -0.05) is 0 Å². The molecule has 2 aromatic rings. The third kappa shape index (κ3) is 2.81. The molecule has 0 aliphatic heterocycles. The maximum absolute atomic E-state index is 13.5. The van der Waals surface area contributed by atoms with Crippen molar-refractivity contribution in [1.29, 1.82) is 5.41 Å². The van der Waals surface area contributed by atoms with Gasteiger partial charge in [-0.25, -0.2) is 21.6 Å². The second-order valence-corrected chi connectivity index (χ2v) is 5.50. The second kappa shape index (κ2) is 5.09. The number of hydrogen-bond acceptors (Lipinski definition) is 4. The number of amidine groups is 1. The van der Waals surface area contributed by atoms with Crippen molar-refractivity contribution in [1.82, 2.24) is 10.2 Å². The summed E-state index contributed by atoms with van der Waals surface area (Å²) in [5.41, 5.74) is 5.08. The lowest BCUT2D eigenvalue weighted by molar-refractivity contribution is 0.498. The molecule has 0 unspecified atom stereocenters. The third-order valence-corrected chi connectivity index (χ3v) is 3.80. The van der Waals surface area contributed by atoms with Gasteiger partial charge in [-0.2, -0.15) is 5.10 Å². The molecule has 0 fully saturated rings. The Morgan fingerprint density at radius 3 is 2.38 bits per heavy atom. The van der Waals surface area contributed by atoms with E-state index in [2.05, 4.69) is 10.2 Å². The summed E-state index contributed by atoms with van der Waals surface area (Å²) in [4.78, 5) is -1.35. The predicted molar refractivity (Wildman–Crippen MR) is 66.7 cm³/mol. The number of nitrogens with zero attached hydrogens (tertiary/aromatic N) is 1. The normalized spacial score (nSPS) is 11.4. The molecule has 0 amide bonds. The van der Waals surface area contributed by atoms with Crippen LogP contribution in [0.4, 0.5) is 19.0 Å². The van der Waals surface area contributed by atoms with Crippen LogP contribution >= 0.6 is 0 Å². The van der Waals surface area contributed by atoms with Crippen LogP contribution in [0.25, 0.3) is 0 Å². The molecule has 0 saturated heterocycles. The molecule has 1 aromatic heterocycles. The maximum atomic E-state index is 13.5.